The highest BCUT2D eigenvalue weighted by Gasteiger charge is 2.33. The number of carboxylic acids is 1. The molecule has 1 aliphatic rings. The van der Waals surface area contributed by atoms with E-state index in [1.54, 1.807) is 0 Å². The quantitative estimate of drug-likeness (QED) is 0.737. The van der Waals surface area contributed by atoms with Crippen LogP contribution in [0.25, 0.3) is 21.8 Å². The Kier molecular flexibility index (Phi) is 3.37. The molecular formula is C20H21NO2. The van der Waals surface area contributed by atoms with Gasteiger partial charge in [-0.15, -0.1) is 0 Å². The van der Waals surface area contributed by atoms with Gasteiger partial charge in [-0.2, -0.15) is 0 Å². The fourth-order valence-corrected chi connectivity index (χ4v) is 3.89. The van der Waals surface area contributed by atoms with Crippen LogP contribution in [0.3, 0.4) is 0 Å². The lowest BCUT2D eigenvalue weighted by molar-refractivity contribution is -0.137. The van der Waals surface area contributed by atoms with Crippen LogP contribution in [0, 0.1) is 5.92 Å². The zero-order valence-electron chi connectivity index (χ0n) is 13.3. The highest BCUT2D eigenvalue weighted by atomic mass is 16.4. The number of carboxylic acid groups (broad SMARTS) is 1. The molecule has 1 fully saturated rings. The van der Waals surface area contributed by atoms with Crippen molar-refractivity contribution in [3.63, 3.8) is 0 Å². The fourth-order valence-electron chi connectivity index (χ4n) is 3.89. The molecule has 1 unspecified atom stereocenters. The summed E-state index contributed by atoms with van der Waals surface area (Å²) in [5.41, 5.74) is 3.67. The van der Waals surface area contributed by atoms with E-state index in [1.165, 1.54) is 27.4 Å². The van der Waals surface area contributed by atoms with Crippen molar-refractivity contribution in [3.8, 4) is 0 Å². The third kappa shape index (κ3) is 2.40. The van der Waals surface area contributed by atoms with Crippen molar-refractivity contribution in [1.82, 2.24) is 4.57 Å². The number of para-hydroxylation sites is 1. The Morgan fingerprint density at radius 3 is 2.61 bits per heavy atom. The highest BCUT2D eigenvalue weighted by Crippen LogP contribution is 2.45. The summed E-state index contributed by atoms with van der Waals surface area (Å²) >= 11 is 0. The maximum atomic E-state index is 11.2. The Morgan fingerprint density at radius 2 is 1.91 bits per heavy atom. The second-order valence-electron chi connectivity index (χ2n) is 6.58. The first-order chi connectivity index (χ1) is 11.2. The van der Waals surface area contributed by atoms with Gasteiger partial charge in [0, 0.05) is 28.4 Å². The lowest BCUT2D eigenvalue weighted by Gasteiger charge is -2.15. The van der Waals surface area contributed by atoms with Crippen LogP contribution < -0.4 is 0 Å². The number of aromatic nitrogens is 1. The van der Waals surface area contributed by atoms with E-state index in [-0.39, 0.29) is 12.3 Å². The summed E-state index contributed by atoms with van der Waals surface area (Å²) in [7, 11) is 0. The number of carbonyl (C=O) groups is 1. The normalized spacial score (nSPS) is 16.0. The Morgan fingerprint density at radius 1 is 1.17 bits per heavy atom. The average molecular weight is 307 g/mol. The topological polar surface area (TPSA) is 42.2 Å². The molecule has 2 aromatic carbocycles. The van der Waals surface area contributed by atoms with E-state index in [2.05, 4.69) is 54.0 Å². The van der Waals surface area contributed by atoms with Gasteiger partial charge in [-0.25, -0.2) is 0 Å². The van der Waals surface area contributed by atoms with Gasteiger partial charge in [0.05, 0.1) is 6.42 Å². The van der Waals surface area contributed by atoms with Crippen molar-refractivity contribution >= 4 is 27.8 Å². The molecule has 4 rings (SSSR count). The van der Waals surface area contributed by atoms with Crippen molar-refractivity contribution in [2.75, 3.05) is 0 Å². The maximum absolute atomic E-state index is 11.2. The number of fused-ring (bicyclic) bond motifs is 3. The van der Waals surface area contributed by atoms with E-state index in [0.29, 0.717) is 5.92 Å². The third-order valence-corrected chi connectivity index (χ3v) is 5.13. The molecule has 3 nitrogen and oxygen atoms in total. The Balaban J connectivity index is 1.90. The summed E-state index contributed by atoms with van der Waals surface area (Å²) in [6, 6.07) is 15.0. The standard InChI is InChI=1S/C20H21NO2/c1-2-21-18-6-4-3-5-15(18)17-11-14(9-10-19(17)21)16(12-20(22)23)13-7-8-13/h3-6,9-11,13,16H,2,7-8,12H2,1H3,(H,22,23). The number of benzene rings is 2. The zero-order chi connectivity index (χ0) is 16.0. The molecule has 23 heavy (non-hydrogen) atoms. The van der Waals surface area contributed by atoms with Crippen LogP contribution in [-0.4, -0.2) is 15.6 Å². The van der Waals surface area contributed by atoms with Crippen molar-refractivity contribution in [1.29, 1.82) is 0 Å². The first-order valence-electron chi connectivity index (χ1n) is 8.41. The van der Waals surface area contributed by atoms with Gasteiger partial charge in [-0.3, -0.25) is 4.79 Å². The molecule has 118 valence electrons. The minimum atomic E-state index is -0.696. The van der Waals surface area contributed by atoms with Gasteiger partial charge >= 0.3 is 5.97 Å². The number of rotatable bonds is 5. The Labute approximate surface area is 135 Å². The summed E-state index contributed by atoms with van der Waals surface area (Å²) in [6.07, 6.45) is 2.56. The second kappa shape index (κ2) is 5.41. The third-order valence-electron chi connectivity index (χ3n) is 5.13. The van der Waals surface area contributed by atoms with E-state index in [9.17, 15) is 9.90 Å². The highest BCUT2D eigenvalue weighted by molar-refractivity contribution is 6.08. The minimum absolute atomic E-state index is 0.153. The lowest BCUT2D eigenvalue weighted by Crippen LogP contribution is -2.08. The molecule has 0 spiro atoms. The maximum Gasteiger partial charge on any atom is 0.303 e. The minimum Gasteiger partial charge on any atom is -0.481 e. The number of hydrogen-bond acceptors (Lipinski definition) is 1. The number of hydrogen-bond donors (Lipinski definition) is 1. The molecule has 1 saturated carbocycles. The molecule has 0 radical (unpaired) electrons. The molecule has 3 aromatic rings. The predicted molar refractivity (Wildman–Crippen MR) is 92.8 cm³/mol. The van der Waals surface area contributed by atoms with Gasteiger partial charge in [-0.1, -0.05) is 24.3 Å². The molecule has 1 aromatic heterocycles. The van der Waals surface area contributed by atoms with Gasteiger partial charge in [0.2, 0.25) is 0 Å². The van der Waals surface area contributed by atoms with Crippen LogP contribution in [0.4, 0.5) is 0 Å². The van der Waals surface area contributed by atoms with Crippen LogP contribution in [0.1, 0.15) is 37.7 Å². The Hall–Kier alpha value is -2.29. The first-order valence-corrected chi connectivity index (χ1v) is 8.41. The van der Waals surface area contributed by atoms with Crippen LogP contribution in [0.15, 0.2) is 42.5 Å². The van der Waals surface area contributed by atoms with Crippen LogP contribution >= 0.6 is 0 Å². The smallest absolute Gasteiger partial charge is 0.303 e. The summed E-state index contributed by atoms with van der Waals surface area (Å²) in [5.74, 6) is 0.00157. The van der Waals surface area contributed by atoms with Gasteiger partial charge in [0.1, 0.15) is 0 Å². The molecule has 1 aliphatic carbocycles. The molecule has 0 saturated heterocycles. The fraction of sp³-hybridized carbons (Fsp3) is 0.350. The monoisotopic (exact) mass is 307 g/mol. The summed E-state index contributed by atoms with van der Waals surface area (Å²) in [4.78, 5) is 11.2. The van der Waals surface area contributed by atoms with Crippen molar-refractivity contribution < 1.29 is 9.90 Å². The van der Waals surface area contributed by atoms with E-state index >= 15 is 0 Å². The summed E-state index contributed by atoms with van der Waals surface area (Å²) in [5, 5.41) is 11.8. The average Bonchev–Trinajstić information content (AvgIpc) is 3.34. The second-order valence-corrected chi connectivity index (χ2v) is 6.58. The summed E-state index contributed by atoms with van der Waals surface area (Å²) < 4.78 is 2.33. The van der Waals surface area contributed by atoms with Crippen molar-refractivity contribution in [2.24, 2.45) is 5.92 Å². The number of nitrogens with zero attached hydrogens (tertiary/aromatic N) is 1. The summed E-state index contributed by atoms with van der Waals surface area (Å²) in [6.45, 7) is 3.10. The van der Waals surface area contributed by atoms with Crippen LogP contribution in [-0.2, 0) is 11.3 Å². The van der Waals surface area contributed by atoms with E-state index in [4.69, 9.17) is 0 Å². The van der Waals surface area contributed by atoms with Gasteiger partial charge < -0.3 is 9.67 Å². The molecule has 0 amide bonds. The number of aryl methyl sites for hydroxylation is 1. The first kappa shape index (κ1) is 14.3. The largest absolute Gasteiger partial charge is 0.481 e. The SMILES string of the molecule is CCn1c2ccccc2c2cc(C(CC(=O)O)C3CC3)ccc21. The zero-order valence-corrected chi connectivity index (χ0v) is 13.3. The van der Waals surface area contributed by atoms with Gasteiger partial charge in [-0.05, 0) is 55.4 Å². The van der Waals surface area contributed by atoms with Crippen LogP contribution in [0.2, 0.25) is 0 Å². The van der Waals surface area contributed by atoms with E-state index < -0.39 is 5.97 Å². The molecule has 3 heteroatoms. The van der Waals surface area contributed by atoms with Gasteiger partial charge in [0.25, 0.3) is 0 Å². The van der Waals surface area contributed by atoms with Crippen molar-refractivity contribution in [2.45, 2.75) is 38.6 Å². The molecule has 0 bridgehead atoms. The van der Waals surface area contributed by atoms with Crippen molar-refractivity contribution in [3.05, 3.63) is 48.0 Å². The molecule has 1 atom stereocenters. The van der Waals surface area contributed by atoms with Gasteiger partial charge in [0.15, 0.2) is 0 Å². The molecule has 0 aliphatic heterocycles. The van der Waals surface area contributed by atoms with E-state index in [0.717, 1.165) is 19.4 Å². The van der Waals surface area contributed by atoms with Crippen LogP contribution in [0.5, 0.6) is 0 Å². The Bertz CT molecular complexity index is 889. The van der Waals surface area contributed by atoms with E-state index in [1.807, 2.05) is 0 Å². The number of aliphatic carboxylic acids is 1. The molecule has 1 N–H and O–H groups in total. The molecular weight excluding hydrogens is 286 g/mol. The predicted octanol–water partition coefficient (Wildman–Crippen LogP) is 4.78. The molecule has 1 heterocycles. The lowest BCUT2D eigenvalue weighted by atomic mass is 9.90.